The van der Waals surface area contributed by atoms with Crippen molar-refractivity contribution in [2.45, 2.75) is 39.3 Å². The van der Waals surface area contributed by atoms with Crippen molar-refractivity contribution in [1.29, 1.82) is 0 Å². The van der Waals surface area contributed by atoms with Gasteiger partial charge in [-0.05, 0) is 32.8 Å². The minimum absolute atomic E-state index is 0.139. The molecule has 1 aliphatic rings. The van der Waals surface area contributed by atoms with E-state index in [9.17, 15) is 9.59 Å². The van der Waals surface area contributed by atoms with Gasteiger partial charge in [0.25, 0.3) is 5.91 Å². The number of anilines is 1. The number of ketones is 1. The zero-order chi connectivity index (χ0) is 21.5. The number of carbonyl (C=O) groups excluding carboxylic acids is 2. The van der Waals surface area contributed by atoms with E-state index in [1.54, 1.807) is 24.7 Å². The fourth-order valence-corrected chi connectivity index (χ4v) is 4.00. The molecule has 0 aliphatic carbocycles. The molecule has 0 aromatic carbocycles. The first-order chi connectivity index (χ1) is 15.0. The van der Waals surface area contributed by atoms with Gasteiger partial charge in [-0.15, -0.1) is 0 Å². The third-order valence-corrected chi connectivity index (χ3v) is 5.53. The first-order valence-electron chi connectivity index (χ1n) is 10.2. The number of aryl methyl sites for hydroxylation is 1. The van der Waals surface area contributed by atoms with Crippen LogP contribution in [0.15, 0.2) is 43.4 Å². The van der Waals surface area contributed by atoms with E-state index in [1.807, 2.05) is 23.1 Å². The van der Waals surface area contributed by atoms with Crippen LogP contribution in [-0.4, -0.2) is 41.0 Å². The standard InChI is InChI=1S/C22H21N7O2/c1-13(2)28-11-18(16-9-24-12-25-21(16)28)20(30)14-6-15(8-23-7-14)27-22(31)17-10-26-29-5-3-4-19(17)29/h6-13H,3-5H2,1-2H3,(H,27,31). The predicted molar refractivity (Wildman–Crippen MR) is 114 cm³/mol. The lowest BCUT2D eigenvalue weighted by atomic mass is 10.1. The van der Waals surface area contributed by atoms with Gasteiger partial charge in [-0.1, -0.05) is 0 Å². The molecule has 0 fully saturated rings. The first kappa shape index (κ1) is 19.1. The van der Waals surface area contributed by atoms with Gasteiger partial charge in [-0.25, -0.2) is 9.97 Å². The maximum atomic E-state index is 13.3. The van der Waals surface area contributed by atoms with Crippen LogP contribution in [0.1, 0.15) is 58.3 Å². The van der Waals surface area contributed by atoms with Gasteiger partial charge in [-0.2, -0.15) is 5.10 Å². The monoisotopic (exact) mass is 415 g/mol. The van der Waals surface area contributed by atoms with Gasteiger partial charge in [0.05, 0.1) is 34.9 Å². The summed E-state index contributed by atoms with van der Waals surface area (Å²) in [6.07, 6.45) is 11.4. The molecule has 156 valence electrons. The second-order valence-electron chi connectivity index (χ2n) is 7.88. The fraction of sp³-hybridized carbons (Fsp3) is 0.273. The molecule has 5 heterocycles. The molecule has 4 aromatic rings. The molecule has 5 rings (SSSR count). The SMILES string of the molecule is CC(C)n1cc(C(=O)c2cncc(NC(=O)c3cnn4c3CCC4)c2)c2cncnc21. The molecule has 9 heteroatoms. The summed E-state index contributed by atoms with van der Waals surface area (Å²) in [5.74, 6) is -0.450. The Morgan fingerprint density at radius 1 is 1.10 bits per heavy atom. The molecular formula is C22H21N7O2. The Bertz CT molecular complexity index is 1320. The highest BCUT2D eigenvalue weighted by Crippen LogP contribution is 2.25. The highest BCUT2D eigenvalue weighted by molar-refractivity contribution is 6.16. The van der Waals surface area contributed by atoms with Crippen molar-refractivity contribution in [3.05, 3.63) is 65.8 Å². The summed E-state index contributed by atoms with van der Waals surface area (Å²) < 4.78 is 3.81. The molecular weight excluding hydrogens is 394 g/mol. The summed E-state index contributed by atoms with van der Waals surface area (Å²) in [5.41, 5.74) is 3.55. The summed E-state index contributed by atoms with van der Waals surface area (Å²) in [5, 5.41) is 7.79. The summed E-state index contributed by atoms with van der Waals surface area (Å²) in [7, 11) is 0. The van der Waals surface area contributed by atoms with E-state index in [0.29, 0.717) is 33.4 Å². The first-order valence-corrected chi connectivity index (χ1v) is 10.2. The summed E-state index contributed by atoms with van der Waals surface area (Å²) in [6.45, 7) is 4.89. The van der Waals surface area contributed by atoms with E-state index < -0.39 is 0 Å². The highest BCUT2D eigenvalue weighted by Gasteiger charge is 2.22. The number of hydrogen-bond acceptors (Lipinski definition) is 6. The summed E-state index contributed by atoms with van der Waals surface area (Å²) in [6, 6.07) is 1.78. The number of fused-ring (bicyclic) bond motifs is 2. The molecule has 0 atom stereocenters. The number of pyridine rings is 1. The maximum Gasteiger partial charge on any atom is 0.259 e. The average Bonchev–Trinajstić information content (AvgIpc) is 3.47. The van der Waals surface area contributed by atoms with Crippen molar-refractivity contribution in [3.63, 3.8) is 0 Å². The number of nitrogens with zero attached hydrogens (tertiary/aromatic N) is 6. The minimum atomic E-state index is -0.251. The van der Waals surface area contributed by atoms with Gasteiger partial charge < -0.3 is 9.88 Å². The van der Waals surface area contributed by atoms with Crippen molar-refractivity contribution >= 4 is 28.4 Å². The fourth-order valence-electron chi connectivity index (χ4n) is 4.00. The van der Waals surface area contributed by atoms with Crippen LogP contribution in [0.3, 0.4) is 0 Å². The lowest BCUT2D eigenvalue weighted by Crippen LogP contribution is -2.14. The molecule has 9 nitrogen and oxygen atoms in total. The molecule has 1 N–H and O–H groups in total. The van der Waals surface area contributed by atoms with Gasteiger partial charge in [0.1, 0.15) is 12.0 Å². The number of amides is 1. The molecule has 0 unspecified atom stereocenters. The quantitative estimate of drug-likeness (QED) is 0.502. The molecule has 4 aromatic heterocycles. The van der Waals surface area contributed by atoms with E-state index in [-0.39, 0.29) is 17.7 Å². The smallest absolute Gasteiger partial charge is 0.259 e. The summed E-state index contributed by atoms with van der Waals surface area (Å²) >= 11 is 0. The van der Waals surface area contributed by atoms with Gasteiger partial charge in [-0.3, -0.25) is 19.3 Å². The van der Waals surface area contributed by atoms with Crippen molar-refractivity contribution in [2.75, 3.05) is 5.32 Å². The Labute approximate surface area is 178 Å². The van der Waals surface area contributed by atoms with Crippen molar-refractivity contribution in [2.24, 2.45) is 0 Å². The average molecular weight is 415 g/mol. The lowest BCUT2D eigenvalue weighted by molar-refractivity contribution is 0.102. The number of rotatable bonds is 5. The number of aromatic nitrogens is 6. The van der Waals surface area contributed by atoms with E-state index in [4.69, 9.17) is 0 Å². The van der Waals surface area contributed by atoms with E-state index in [2.05, 4.69) is 25.4 Å². The largest absolute Gasteiger partial charge is 0.329 e. The number of nitrogens with one attached hydrogen (secondary N) is 1. The van der Waals surface area contributed by atoms with Crippen LogP contribution in [0, 0.1) is 0 Å². The van der Waals surface area contributed by atoms with Gasteiger partial charge in [0.2, 0.25) is 0 Å². The molecule has 0 radical (unpaired) electrons. The minimum Gasteiger partial charge on any atom is -0.329 e. The van der Waals surface area contributed by atoms with Crippen LogP contribution in [0.2, 0.25) is 0 Å². The van der Waals surface area contributed by atoms with E-state index in [0.717, 1.165) is 25.1 Å². The van der Waals surface area contributed by atoms with Crippen LogP contribution in [0.4, 0.5) is 5.69 Å². The van der Waals surface area contributed by atoms with Crippen LogP contribution >= 0.6 is 0 Å². The summed E-state index contributed by atoms with van der Waals surface area (Å²) in [4.78, 5) is 38.6. The normalized spacial score (nSPS) is 13.0. The predicted octanol–water partition coefficient (Wildman–Crippen LogP) is 3.03. The van der Waals surface area contributed by atoms with Gasteiger partial charge in [0.15, 0.2) is 5.78 Å². The van der Waals surface area contributed by atoms with Crippen LogP contribution in [-0.2, 0) is 13.0 Å². The second kappa shape index (κ2) is 7.42. The molecule has 0 spiro atoms. The Hall–Kier alpha value is -3.88. The number of carbonyl (C=O) groups is 2. The third-order valence-electron chi connectivity index (χ3n) is 5.53. The highest BCUT2D eigenvalue weighted by atomic mass is 16.1. The Morgan fingerprint density at radius 2 is 1.97 bits per heavy atom. The van der Waals surface area contributed by atoms with E-state index >= 15 is 0 Å². The Morgan fingerprint density at radius 3 is 2.81 bits per heavy atom. The molecule has 1 amide bonds. The van der Waals surface area contributed by atoms with Crippen molar-refractivity contribution in [3.8, 4) is 0 Å². The zero-order valence-corrected chi connectivity index (χ0v) is 17.2. The van der Waals surface area contributed by atoms with Crippen LogP contribution < -0.4 is 5.32 Å². The van der Waals surface area contributed by atoms with Gasteiger partial charge in [0, 0.05) is 42.1 Å². The molecule has 0 saturated carbocycles. The Kier molecular flexibility index (Phi) is 4.58. The molecule has 31 heavy (non-hydrogen) atoms. The van der Waals surface area contributed by atoms with Crippen LogP contribution in [0.5, 0.6) is 0 Å². The van der Waals surface area contributed by atoms with Gasteiger partial charge >= 0.3 is 0 Å². The molecule has 0 bridgehead atoms. The lowest BCUT2D eigenvalue weighted by Gasteiger charge is -2.07. The Balaban J connectivity index is 1.45. The van der Waals surface area contributed by atoms with Crippen molar-refractivity contribution < 1.29 is 9.59 Å². The van der Waals surface area contributed by atoms with Crippen LogP contribution in [0.25, 0.3) is 11.0 Å². The topological polar surface area (TPSA) is 108 Å². The molecule has 0 saturated heterocycles. The molecule has 1 aliphatic heterocycles. The van der Waals surface area contributed by atoms with E-state index in [1.165, 1.54) is 18.7 Å². The second-order valence-corrected chi connectivity index (χ2v) is 7.88. The maximum absolute atomic E-state index is 13.3. The third kappa shape index (κ3) is 3.27. The van der Waals surface area contributed by atoms with Crippen molar-refractivity contribution in [1.82, 2.24) is 29.3 Å². The number of hydrogen-bond donors (Lipinski definition) is 1. The zero-order valence-electron chi connectivity index (χ0n) is 17.2.